The maximum atomic E-state index is 11.0. The molecule has 0 unspecified atom stereocenters. The lowest BCUT2D eigenvalue weighted by Gasteiger charge is -2.20. The second-order valence-electron chi connectivity index (χ2n) is 5.55. The molecule has 0 atom stereocenters. The Bertz CT molecular complexity index is 290. The summed E-state index contributed by atoms with van der Waals surface area (Å²) < 4.78 is 13.8. The van der Waals surface area contributed by atoms with Crippen LogP contribution in [0.25, 0.3) is 0 Å². The van der Waals surface area contributed by atoms with Crippen molar-refractivity contribution in [2.75, 3.05) is 0 Å². The van der Waals surface area contributed by atoms with Crippen LogP contribution >= 0.6 is 0 Å². The predicted octanol–water partition coefficient (Wildman–Crippen LogP) is 2.96. The maximum Gasteiger partial charge on any atom is 0.519 e. The number of hydrogen-bond acceptors (Lipinski definition) is 6. The molecule has 0 spiro atoms. The molecule has 0 aliphatic rings. The first-order valence-electron chi connectivity index (χ1n) is 5.56. The van der Waals surface area contributed by atoms with Gasteiger partial charge in [-0.3, -0.25) is 4.79 Å². The molecule has 0 aromatic heterocycles. The summed E-state index contributed by atoms with van der Waals surface area (Å²) in [5, 5.41) is 7.42. The third kappa shape index (κ3) is 22.0. The topological polar surface area (TPSA) is 99.1 Å². The van der Waals surface area contributed by atoms with Gasteiger partial charge in [0.05, 0.1) is 0 Å². The number of aliphatic carboxylic acids is 1. The standard InChI is InChI=1S/C10H18O5.C2H4O2/c1-9(2,3)14-7(11)13-8(12)15-10(4,5)6;1-2(3)4/h1-6H3;1H3,(H,3,4). The second-order valence-corrected chi connectivity index (χ2v) is 5.55. The molecule has 7 heteroatoms. The van der Waals surface area contributed by atoms with Crippen LogP contribution < -0.4 is 0 Å². The number of rotatable bonds is 0. The third-order valence-corrected chi connectivity index (χ3v) is 0.946. The van der Waals surface area contributed by atoms with Gasteiger partial charge >= 0.3 is 12.3 Å². The van der Waals surface area contributed by atoms with Crippen molar-refractivity contribution in [2.45, 2.75) is 59.7 Å². The highest BCUT2D eigenvalue weighted by Gasteiger charge is 2.24. The van der Waals surface area contributed by atoms with E-state index in [0.717, 1.165) is 6.92 Å². The summed E-state index contributed by atoms with van der Waals surface area (Å²) in [6, 6.07) is 0. The fourth-order valence-corrected chi connectivity index (χ4v) is 0.610. The van der Waals surface area contributed by atoms with Crippen molar-refractivity contribution >= 4 is 18.3 Å². The number of hydrogen-bond donors (Lipinski definition) is 1. The van der Waals surface area contributed by atoms with Crippen molar-refractivity contribution in [1.29, 1.82) is 0 Å². The van der Waals surface area contributed by atoms with Gasteiger partial charge in [0.25, 0.3) is 5.97 Å². The highest BCUT2D eigenvalue weighted by atomic mass is 16.8. The fraction of sp³-hybridized carbons (Fsp3) is 0.750. The van der Waals surface area contributed by atoms with Crippen molar-refractivity contribution in [1.82, 2.24) is 0 Å². The molecule has 0 fully saturated rings. The van der Waals surface area contributed by atoms with E-state index in [4.69, 9.17) is 19.4 Å². The van der Waals surface area contributed by atoms with E-state index in [1.165, 1.54) is 0 Å². The highest BCUT2D eigenvalue weighted by molar-refractivity contribution is 5.77. The van der Waals surface area contributed by atoms with Crippen LogP contribution in [0, 0.1) is 0 Å². The number of carbonyl (C=O) groups is 3. The third-order valence-electron chi connectivity index (χ3n) is 0.946. The van der Waals surface area contributed by atoms with Crippen LogP contribution in [-0.4, -0.2) is 34.6 Å². The number of carboxylic acid groups (broad SMARTS) is 1. The Morgan fingerprint density at radius 3 is 1.16 bits per heavy atom. The summed E-state index contributed by atoms with van der Waals surface area (Å²) in [5.41, 5.74) is -1.39. The van der Waals surface area contributed by atoms with Crippen molar-refractivity contribution < 1.29 is 33.7 Å². The molecule has 0 radical (unpaired) electrons. The van der Waals surface area contributed by atoms with Gasteiger partial charge in [-0.25, -0.2) is 9.59 Å². The van der Waals surface area contributed by atoms with Crippen LogP contribution in [0.1, 0.15) is 48.5 Å². The van der Waals surface area contributed by atoms with Crippen molar-refractivity contribution in [3.05, 3.63) is 0 Å². The molecule has 0 saturated carbocycles. The molecule has 0 aliphatic carbocycles. The molecular formula is C12H22O7. The van der Waals surface area contributed by atoms with E-state index in [1.807, 2.05) is 0 Å². The second kappa shape index (κ2) is 7.60. The molecule has 7 nitrogen and oxygen atoms in total. The summed E-state index contributed by atoms with van der Waals surface area (Å²) >= 11 is 0. The molecular weight excluding hydrogens is 256 g/mol. The normalized spacial score (nSPS) is 10.7. The largest absolute Gasteiger partial charge is 0.519 e. The van der Waals surface area contributed by atoms with Crippen LogP contribution in [0.4, 0.5) is 9.59 Å². The predicted molar refractivity (Wildman–Crippen MR) is 66.9 cm³/mol. The van der Waals surface area contributed by atoms with Gasteiger partial charge in [-0.05, 0) is 41.5 Å². The molecule has 0 aromatic rings. The summed E-state index contributed by atoms with van der Waals surface area (Å²) in [6.07, 6.45) is -2.12. The summed E-state index contributed by atoms with van der Waals surface area (Å²) in [5.74, 6) is -0.833. The quantitative estimate of drug-likeness (QED) is 0.537. The van der Waals surface area contributed by atoms with Crippen molar-refractivity contribution in [2.24, 2.45) is 0 Å². The zero-order valence-corrected chi connectivity index (χ0v) is 12.4. The van der Waals surface area contributed by atoms with Gasteiger partial charge in [-0.15, -0.1) is 0 Å². The molecule has 0 heterocycles. The molecule has 19 heavy (non-hydrogen) atoms. The first-order chi connectivity index (χ1) is 8.23. The Balaban J connectivity index is 0. The van der Waals surface area contributed by atoms with Gasteiger partial charge in [0, 0.05) is 6.92 Å². The Kier molecular flexibility index (Phi) is 7.82. The zero-order chi connectivity index (χ0) is 15.9. The lowest BCUT2D eigenvalue weighted by atomic mass is 10.2. The summed E-state index contributed by atoms with van der Waals surface area (Å²) in [6.45, 7) is 11.1. The minimum absolute atomic E-state index is 0.695. The van der Waals surface area contributed by atoms with Crippen LogP contribution in [0.5, 0.6) is 0 Å². The SMILES string of the molecule is CC(=O)O.CC(C)(C)OC(=O)OC(=O)OC(C)(C)C. The van der Waals surface area contributed by atoms with Gasteiger partial charge in [0.1, 0.15) is 11.2 Å². The van der Waals surface area contributed by atoms with Crippen LogP contribution in [0.15, 0.2) is 0 Å². The molecule has 1 N–H and O–H groups in total. The lowest BCUT2D eigenvalue weighted by molar-refractivity contribution is -0.134. The van der Waals surface area contributed by atoms with Gasteiger partial charge in [-0.2, -0.15) is 0 Å². The first-order valence-corrected chi connectivity index (χ1v) is 5.56. The Labute approximate surface area is 112 Å². The lowest BCUT2D eigenvalue weighted by Crippen LogP contribution is -2.29. The maximum absolute atomic E-state index is 11.0. The minimum Gasteiger partial charge on any atom is -0.481 e. The smallest absolute Gasteiger partial charge is 0.481 e. The van der Waals surface area contributed by atoms with Crippen molar-refractivity contribution in [3.8, 4) is 0 Å². The Morgan fingerprint density at radius 2 is 1.00 bits per heavy atom. The summed E-state index contributed by atoms with van der Waals surface area (Å²) in [4.78, 5) is 31.0. The summed E-state index contributed by atoms with van der Waals surface area (Å²) in [7, 11) is 0. The molecule has 0 bridgehead atoms. The Hall–Kier alpha value is -1.79. The van der Waals surface area contributed by atoms with Gasteiger partial charge in [0.2, 0.25) is 0 Å². The molecule has 0 amide bonds. The molecule has 112 valence electrons. The van der Waals surface area contributed by atoms with Gasteiger partial charge in [-0.1, -0.05) is 0 Å². The highest BCUT2D eigenvalue weighted by Crippen LogP contribution is 2.11. The Morgan fingerprint density at radius 1 is 0.789 bits per heavy atom. The van der Waals surface area contributed by atoms with E-state index in [0.29, 0.717) is 0 Å². The van der Waals surface area contributed by atoms with E-state index < -0.39 is 29.5 Å². The average Bonchev–Trinajstić information content (AvgIpc) is 1.91. The van der Waals surface area contributed by atoms with Crippen molar-refractivity contribution in [3.63, 3.8) is 0 Å². The van der Waals surface area contributed by atoms with Gasteiger partial charge in [0.15, 0.2) is 0 Å². The molecule has 0 rings (SSSR count). The zero-order valence-electron chi connectivity index (χ0n) is 12.4. The average molecular weight is 278 g/mol. The van der Waals surface area contributed by atoms with E-state index >= 15 is 0 Å². The van der Waals surface area contributed by atoms with Gasteiger partial charge < -0.3 is 19.3 Å². The van der Waals surface area contributed by atoms with E-state index in [1.54, 1.807) is 41.5 Å². The number of carboxylic acids is 1. The fourth-order valence-electron chi connectivity index (χ4n) is 0.610. The number of ether oxygens (including phenoxy) is 3. The first kappa shape index (κ1) is 19.5. The number of carbonyl (C=O) groups excluding carboxylic acids is 2. The van der Waals surface area contributed by atoms with Crippen LogP contribution in [-0.2, 0) is 19.0 Å². The van der Waals surface area contributed by atoms with E-state index in [2.05, 4.69) is 4.74 Å². The molecule has 0 aliphatic heterocycles. The molecule has 0 saturated heterocycles. The van der Waals surface area contributed by atoms with Crippen LogP contribution in [0.3, 0.4) is 0 Å². The van der Waals surface area contributed by atoms with E-state index in [9.17, 15) is 9.59 Å². The van der Waals surface area contributed by atoms with E-state index in [-0.39, 0.29) is 0 Å². The minimum atomic E-state index is -1.06. The molecule has 0 aromatic carbocycles. The monoisotopic (exact) mass is 278 g/mol. The van der Waals surface area contributed by atoms with Crippen LogP contribution in [0.2, 0.25) is 0 Å².